The van der Waals surface area contributed by atoms with E-state index >= 15 is 0 Å². The number of likely N-dealkylation sites (tertiary alicyclic amines) is 2. The van der Waals surface area contributed by atoms with Crippen molar-refractivity contribution in [1.82, 2.24) is 9.80 Å². The zero-order valence-corrected chi connectivity index (χ0v) is 17.9. The summed E-state index contributed by atoms with van der Waals surface area (Å²) in [7, 11) is 0. The number of rotatable bonds is 6. The molecule has 25 heavy (non-hydrogen) atoms. The number of carbonyl (C=O) groups is 1. The molecule has 0 radical (unpaired) electrons. The van der Waals surface area contributed by atoms with Crippen LogP contribution in [0.15, 0.2) is 0 Å². The lowest BCUT2D eigenvalue weighted by atomic mass is 9.91. The number of hydrogen-bond acceptors (Lipinski definition) is 3. The third kappa shape index (κ3) is 9.19. The van der Waals surface area contributed by atoms with E-state index in [0.29, 0.717) is 17.7 Å². The molecule has 0 aliphatic carbocycles. The molecule has 0 N–H and O–H groups in total. The maximum absolute atomic E-state index is 10.9. The highest BCUT2D eigenvalue weighted by Gasteiger charge is 2.21. The lowest BCUT2D eigenvalue weighted by molar-refractivity contribution is -0.118. The molecule has 2 saturated heterocycles. The summed E-state index contributed by atoms with van der Waals surface area (Å²) in [6.07, 6.45) is 8.90. The smallest absolute Gasteiger partial charge is 0.130 e. The molecule has 2 aliphatic heterocycles. The minimum atomic E-state index is 0.350. The summed E-state index contributed by atoms with van der Waals surface area (Å²) in [6.45, 7) is 18.1. The number of Topliss-reactive ketones (excluding diaryl/α,β-unsaturated/α-hetero) is 1. The van der Waals surface area contributed by atoms with Crippen LogP contribution < -0.4 is 0 Å². The van der Waals surface area contributed by atoms with Gasteiger partial charge in [-0.3, -0.25) is 0 Å². The molecule has 0 atom stereocenters. The van der Waals surface area contributed by atoms with Crippen molar-refractivity contribution in [2.75, 3.05) is 26.2 Å². The number of carbonyl (C=O) groups excluding carboxylic acids is 1. The van der Waals surface area contributed by atoms with Crippen molar-refractivity contribution in [1.29, 1.82) is 0 Å². The van der Waals surface area contributed by atoms with E-state index in [9.17, 15) is 4.79 Å². The van der Waals surface area contributed by atoms with Crippen LogP contribution in [0.25, 0.3) is 0 Å². The van der Waals surface area contributed by atoms with E-state index in [0.717, 1.165) is 18.4 Å². The number of ketones is 1. The summed E-state index contributed by atoms with van der Waals surface area (Å²) in [5.41, 5.74) is 0. The van der Waals surface area contributed by atoms with Gasteiger partial charge < -0.3 is 14.6 Å². The first kappa shape index (κ1) is 22.6. The summed E-state index contributed by atoms with van der Waals surface area (Å²) in [5, 5.41) is 0. The second-order valence-corrected chi connectivity index (χ2v) is 8.84. The molecule has 148 valence electrons. The van der Waals surface area contributed by atoms with E-state index in [1.807, 2.05) is 0 Å². The Morgan fingerprint density at radius 2 is 1.24 bits per heavy atom. The molecular formula is C22H44N2O. The molecule has 2 rings (SSSR count). The predicted molar refractivity (Wildman–Crippen MR) is 109 cm³/mol. The first-order chi connectivity index (χ1) is 11.8. The van der Waals surface area contributed by atoms with Gasteiger partial charge in [0, 0.05) is 18.5 Å². The van der Waals surface area contributed by atoms with Gasteiger partial charge >= 0.3 is 0 Å². The fourth-order valence-electron chi connectivity index (χ4n) is 4.25. The van der Waals surface area contributed by atoms with Crippen LogP contribution in [-0.2, 0) is 4.79 Å². The maximum Gasteiger partial charge on any atom is 0.130 e. The van der Waals surface area contributed by atoms with Gasteiger partial charge in [-0.1, -0.05) is 19.8 Å². The second-order valence-electron chi connectivity index (χ2n) is 8.84. The molecule has 3 heteroatoms. The normalized spacial score (nSPS) is 21.4. The van der Waals surface area contributed by atoms with Gasteiger partial charge in [0.2, 0.25) is 0 Å². The highest BCUT2D eigenvalue weighted by Crippen LogP contribution is 2.23. The third-order valence-electron chi connectivity index (χ3n) is 6.03. The van der Waals surface area contributed by atoms with Gasteiger partial charge in [-0.05, 0) is 98.3 Å². The van der Waals surface area contributed by atoms with Crippen molar-refractivity contribution < 1.29 is 4.79 Å². The van der Waals surface area contributed by atoms with E-state index in [2.05, 4.69) is 44.4 Å². The van der Waals surface area contributed by atoms with Gasteiger partial charge in [-0.25, -0.2) is 0 Å². The summed E-state index contributed by atoms with van der Waals surface area (Å²) < 4.78 is 0. The Labute approximate surface area is 157 Å². The Kier molecular flexibility index (Phi) is 10.9. The Morgan fingerprint density at radius 1 is 0.840 bits per heavy atom. The van der Waals surface area contributed by atoms with Crippen molar-refractivity contribution in [3.63, 3.8) is 0 Å². The lowest BCUT2D eigenvalue weighted by Crippen LogP contribution is -2.38. The molecule has 2 heterocycles. The summed E-state index contributed by atoms with van der Waals surface area (Å²) >= 11 is 0. The molecule has 0 spiro atoms. The van der Waals surface area contributed by atoms with Gasteiger partial charge in [0.1, 0.15) is 5.78 Å². The summed E-state index contributed by atoms with van der Waals surface area (Å²) in [5.74, 6) is 2.04. The van der Waals surface area contributed by atoms with E-state index in [1.165, 1.54) is 64.7 Å². The fraction of sp³-hybridized carbons (Fsp3) is 0.955. The molecular weight excluding hydrogens is 308 g/mol. The average Bonchev–Trinajstić information content (AvgIpc) is 2.56. The Bertz CT molecular complexity index is 351. The summed E-state index contributed by atoms with van der Waals surface area (Å²) in [6, 6.07) is 1.42. The van der Waals surface area contributed by atoms with Crippen molar-refractivity contribution >= 4 is 5.78 Å². The average molecular weight is 353 g/mol. The highest BCUT2D eigenvalue weighted by atomic mass is 16.1. The topological polar surface area (TPSA) is 23.6 Å². The quantitative estimate of drug-likeness (QED) is 0.672. The molecule has 0 aromatic carbocycles. The SMILES string of the molecule is CC(=O)CC1CCN(C(C)C)CC1.CCCC1CCN(C(C)C)CC1. The molecule has 0 aromatic heterocycles. The van der Waals surface area contributed by atoms with Crippen molar-refractivity contribution in [2.45, 2.75) is 98.6 Å². The second kappa shape index (κ2) is 12.1. The van der Waals surface area contributed by atoms with E-state index in [4.69, 9.17) is 0 Å². The van der Waals surface area contributed by atoms with Crippen LogP contribution >= 0.6 is 0 Å². The monoisotopic (exact) mass is 352 g/mol. The molecule has 0 saturated carbocycles. The van der Waals surface area contributed by atoms with Gasteiger partial charge in [-0.2, -0.15) is 0 Å². The molecule has 0 bridgehead atoms. The van der Waals surface area contributed by atoms with Gasteiger partial charge in [0.25, 0.3) is 0 Å². The third-order valence-corrected chi connectivity index (χ3v) is 6.03. The van der Waals surface area contributed by atoms with Gasteiger partial charge in [0.05, 0.1) is 0 Å². The summed E-state index contributed by atoms with van der Waals surface area (Å²) in [4.78, 5) is 16.0. The van der Waals surface area contributed by atoms with Gasteiger partial charge in [0.15, 0.2) is 0 Å². The minimum Gasteiger partial charge on any atom is -0.301 e. The van der Waals surface area contributed by atoms with E-state index in [1.54, 1.807) is 6.92 Å². The van der Waals surface area contributed by atoms with Crippen LogP contribution in [0.5, 0.6) is 0 Å². The van der Waals surface area contributed by atoms with Crippen LogP contribution in [0, 0.1) is 11.8 Å². The Hall–Kier alpha value is -0.410. The Balaban J connectivity index is 0.000000251. The zero-order chi connectivity index (χ0) is 18.8. The highest BCUT2D eigenvalue weighted by molar-refractivity contribution is 5.75. The van der Waals surface area contributed by atoms with Crippen molar-refractivity contribution in [3.05, 3.63) is 0 Å². The molecule has 3 nitrogen and oxygen atoms in total. The van der Waals surface area contributed by atoms with Crippen molar-refractivity contribution in [2.24, 2.45) is 11.8 Å². The number of hydrogen-bond donors (Lipinski definition) is 0. The van der Waals surface area contributed by atoms with Crippen LogP contribution in [0.2, 0.25) is 0 Å². The number of piperidine rings is 2. The zero-order valence-electron chi connectivity index (χ0n) is 17.9. The van der Waals surface area contributed by atoms with E-state index in [-0.39, 0.29) is 0 Å². The van der Waals surface area contributed by atoms with Crippen molar-refractivity contribution in [3.8, 4) is 0 Å². The van der Waals surface area contributed by atoms with Crippen LogP contribution in [0.4, 0.5) is 0 Å². The Morgan fingerprint density at radius 3 is 1.56 bits per heavy atom. The van der Waals surface area contributed by atoms with Crippen LogP contribution in [-0.4, -0.2) is 53.8 Å². The van der Waals surface area contributed by atoms with Crippen LogP contribution in [0.3, 0.4) is 0 Å². The first-order valence-corrected chi connectivity index (χ1v) is 10.8. The maximum atomic E-state index is 10.9. The fourth-order valence-corrected chi connectivity index (χ4v) is 4.25. The molecule has 0 aromatic rings. The molecule has 2 aliphatic rings. The number of nitrogens with zero attached hydrogens (tertiary/aromatic N) is 2. The van der Waals surface area contributed by atoms with Crippen LogP contribution in [0.1, 0.15) is 86.5 Å². The van der Waals surface area contributed by atoms with E-state index < -0.39 is 0 Å². The molecule has 0 unspecified atom stereocenters. The molecule has 0 amide bonds. The largest absolute Gasteiger partial charge is 0.301 e. The minimum absolute atomic E-state index is 0.350. The van der Waals surface area contributed by atoms with Gasteiger partial charge in [-0.15, -0.1) is 0 Å². The standard InChI is InChI=1S/C11H21NO.C11H23N/c1-9(2)12-6-4-11(5-7-12)8-10(3)13;1-4-5-11-6-8-12(9-7-11)10(2)3/h9,11H,4-8H2,1-3H3;10-11H,4-9H2,1-3H3. The lowest BCUT2D eigenvalue weighted by Gasteiger charge is -2.34. The first-order valence-electron chi connectivity index (χ1n) is 10.8. The molecule has 2 fully saturated rings. The predicted octanol–water partition coefficient (Wildman–Crippen LogP) is 4.99.